The third-order valence-electron chi connectivity index (χ3n) is 5.24. The number of carboxylic acid groups (broad SMARTS) is 1. The minimum absolute atomic E-state index is 0.0460. The number of carboxylic acids is 1. The fourth-order valence-electron chi connectivity index (χ4n) is 4.09. The molecule has 0 aliphatic heterocycles. The Morgan fingerprint density at radius 3 is 2.38 bits per heavy atom. The van der Waals surface area contributed by atoms with Gasteiger partial charge >= 0.3 is 5.97 Å². The number of carbonyl (C=O) groups is 2. The molecule has 21 heavy (non-hydrogen) atoms. The lowest BCUT2D eigenvalue weighted by Gasteiger charge is -2.30. The molecule has 0 heterocycles. The van der Waals surface area contributed by atoms with Crippen LogP contribution in [0.4, 0.5) is 0 Å². The third kappa shape index (κ3) is 4.19. The molecule has 2 N–H and O–H groups in total. The molecule has 2 saturated carbocycles. The van der Waals surface area contributed by atoms with Crippen LogP contribution in [0.1, 0.15) is 46.5 Å². The first kappa shape index (κ1) is 16.3. The van der Waals surface area contributed by atoms with E-state index >= 15 is 0 Å². The number of hydrogen-bond donors (Lipinski definition) is 2. The van der Waals surface area contributed by atoms with Gasteiger partial charge in [-0.2, -0.15) is 0 Å². The average molecular weight is 296 g/mol. The van der Waals surface area contributed by atoms with Gasteiger partial charge in [0.1, 0.15) is 0 Å². The summed E-state index contributed by atoms with van der Waals surface area (Å²) in [6.07, 6.45) is 5.26. The molecule has 2 fully saturated rings. The monoisotopic (exact) mass is 296 g/mol. The van der Waals surface area contributed by atoms with E-state index in [1.807, 2.05) is 13.8 Å². The van der Waals surface area contributed by atoms with Gasteiger partial charge in [-0.15, -0.1) is 0 Å². The van der Waals surface area contributed by atoms with Crippen molar-refractivity contribution < 1.29 is 14.7 Å². The second kappa shape index (κ2) is 6.77. The van der Waals surface area contributed by atoms with Crippen molar-refractivity contribution in [1.82, 2.24) is 10.2 Å². The molecular formula is C16H28N2O3. The van der Waals surface area contributed by atoms with Crippen LogP contribution in [0.15, 0.2) is 0 Å². The molecular weight excluding hydrogens is 268 g/mol. The smallest absolute Gasteiger partial charge is 0.317 e. The number of amides is 1. The van der Waals surface area contributed by atoms with Crippen LogP contribution in [0.25, 0.3) is 0 Å². The van der Waals surface area contributed by atoms with E-state index in [2.05, 4.69) is 12.2 Å². The Hall–Kier alpha value is -1.10. The van der Waals surface area contributed by atoms with Gasteiger partial charge in [-0.05, 0) is 57.8 Å². The first-order valence-corrected chi connectivity index (χ1v) is 8.12. The zero-order valence-electron chi connectivity index (χ0n) is 13.3. The zero-order valence-corrected chi connectivity index (χ0v) is 13.3. The number of nitrogens with zero attached hydrogens (tertiary/aromatic N) is 1. The minimum atomic E-state index is -0.891. The van der Waals surface area contributed by atoms with Crippen molar-refractivity contribution in [2.75, 3.05) is 13.1 Å². The van der Waals surface area contributed by atoms with E-state index in [-0.39, 0.29) is 31.1 Å². The van der Waals surface area contributed by atoms with Gasteiger partial charge in [0.2, 0.25) is 5.91 Å². The fourth-order valence-corrected chi connectivity index (χ4v) is 4.09. The summed E-state index contributed by atoms with van der Waals surface area (Å²) in [5.74, 6) is 1.32. The molecule has 5 nitrogen and oxygen atoms in total. The molecule has 1 amide bonds. The number of rotatable bonds is 7. The van der Waals surface area contributed by atoms with Crippen LogP contribution >= 0.6 is 0 Å². The lowest BCUT2D eigenvalue weighted by atomic mass is 9.84. The molecule has 2 rings (SSSR count). The lowest BCUT2D eigenvalue weighted by Crippen LogP contribution is -2.47. The van der Waals surface area contributed by atoms with Crippen molar-refractivity contribution in [3.8, 4) is 0 Å². The average Bonchev–Trinajstić information content (AvgIpc) is 2.99. The van der Waals surface area contributed by atoms with E-state index in [0.29, 0.717) is 5.92 Å². The Labute approximate surface area is 127 Å². The highest BCUT2D eigenvalue weighted by molar-refractivity contribution is 5.79. The fraction of sp³-hybridized carbons (Fsp3) is 0.875. The summed E-state index contributed by atoms with van der Waals surface area (Å²) >= 11 is 0. The first-order valence-electron chi connectivity index (χ1n) is 8.12. The van der Waals surface area contributed by atoms with Crippen LogP contribution in [0.3, 0.4) is 0 Å². The van der Waals surface area contributed by atoms with Gasteiger partial charge in [0.15, 0.2) is 0 Å². The van der Waals surface area contributed by atoms with Crippen LogP contribution in [0, 0.1) is 17.8 Å². The van der Waals surface area contributed by atoms with Crippen LogP contribution in [0.2, 0.25) is 0 Å². The predicted octanol–water partition coefficient (Wildman–Crippen LogP) is 1.72. The van der Waals surface area contributed by atoms with Crippen molar-refractivity contribution >= 4 is 11.9 Å². The Morgan fingerprint density at radius 2 is 1.90 bits per heavy atom. The zero-order chi connectivity index (χ0) is 15.6. The Bertz CT molecular complexity index is 397. The van der Waals surface area contributed by atoms with Gasteiger partial charge in [-0.3, -0.25) is 14.5 Å². The van der Waals surface area contributed by atoms with E-state index in [1.165, 1.54) is 25.7 Å². The predicted molar refractivity (Wildman–Crippen MR) is 80.9 cm³/mol. The minimum Gasteiger partial charge on any atom is -0.480 e. The van der Waals surface area contributed by atoms with E-state index in [9.17, 15) is 9.59 Å². The maximum atomic E-state index is 12.2. The molecule has 0 aromatic heterocycles. The van der Waals surface area contributed by atoms with Gasteiger partial charge in [0, 0.05) is 12.1 Å². The highest BCUT2D eigenvalue weighted by Gasteiger charge is 2.42. The van der Waals surface area contributed by atoms with Crippen LogP contribution in [0.5, 0.6) is 0 Å². The summed E-state index contributed by atoms with van der Waals surface area (Å²) in [5, 5.41) is 12.0. The Kier molecular flexibility index (Phi) is 5.25. The second-order valence-corrected chi connectivity index (χ2v) is 7.09. The SMILES string of the molecule is CC(NC(=O)CN(CC(=O)O)C(C)C)C1CC2CCC1C2. The van der Waals surface area contributed by atoms with Crippen LogP contribution in [-0.4, -0.2) is 47.1 Å². The van der Waals surface area contributed by atoms with Crippen molar-refractivity contribution in [3.05, 3.63) is 0 Å². The van der Waals surface area contributed by atoms with Gasteiger partial charge in [0.25, 0.3) is 0 Å². The molecule has 0 aromatic carbocycles. The molecule has 0 spiro atoms. The van der Waals surface area contributed by atoms with Gasteiger partial charge in [-0.25, -0.2) is 0 Å². The molecule has 2 aliphatic rings. The number of hydrogen-bond acceptors (Lipinski definition) is 3. The molecule has 0 aromatic rings. The van der Waals surface area contributed by atoms with Crippen molar-refractivity contribution in [2.24, 2.45) is 17.8 Å². The molecule has 4 unspecified atom stereocenters. The molecule has 2 aliphatic carbocycles. The molecule has 120 valence electrons. The summed E-state index contributed by atoms with van der Waals surface area (Å²) in [7, 11) is 0. The normalized spacial score (nSPS) is 29.1. The van der Waals surface area contributed by atoms with Gasteiger partial charge in [0.05, 0.1) is 13.1 Å². The summed E-state index contributed by atoms with van der Waals surface area (Å²) in [6.45, 7) is 5.99. The molecule has 4 atom stereocenters. The van der Waals surface area contributed by atoms with Crippen molar-refractivity contribution in [3.63, 3.8) is 0 Å². The quantitative estimate of drug-likeness (QED) is 0.750. The highest BCUT2D eigenvalue weighted by atomic mass is 16.4. The summed E-state index contributed by atoms with van der Waals surface area (Å²) in [4.78, 5) is 24.7. The van der Waals surface area contributed by atoms with Crippen molar-refractivity contribution in [1.29, 1.82) is 0 Å². The Morgan fingerprint density at radius 1 is 1.19 bits per heavy atom. The largest absolute Gasteiger partial charge is 0.480 e. The highest BCUT2D eigenvalue weighted by Crippen LogP contribution is 2.49. The molecule has 2 bridgehead atoms. The number of aliphatic carboxylic acids is 1. The summed E-state index contributed by atoms with van der Waals surface area (Å²) in [5.41, 5.74) is 0. The second-order valence-electron chi connectivity index (χ2n) is 7.09. The van der Waals surface area contributed by atoms with Crippen LogP contribution in [-0.2, 0) is 9.59 Å². The molecule has 5 heteroatoms. The number of fused-ring (bicyclic) bond motifs is 2. The topological polar surface area (TPSA) is 69.6 Å². The van der Waals surface area contributed by atoms with E-state index in [1.54, 1.807) is 4.90 Å². The van der Waals surface area contributed by atoms with E-state index in [4.69, 9.17) is 5.11 Å². The third-order valence-corrected chi connectivity index (χ3v) is 5.24. The maximum Gasteiger partial charge on any atom is 0.317 e. The van der Waals surface area contributed by atoms with Crippen molar-refractivity contribution in [2.45, 2.75) is 58.5 Å². The van der Waals surface area contributed by atoms with Crippen LogP contribution < -0.4 is 5.32 Å². The van der Waals surface area contributed by atoms with E-state index in [0.717, 1.165) is 11.8 Å². The maximum absolute atomic E-state index is 12.2. The molecule has 0 radical (unpaired) electrons. The van der Waals surface area contributed by atoms with E-state index < -0.39 is 5.97 Å². The lowest BCUT2D eigenvalue weighted by molar-refractivity contribution is -0.139. The van der Waals surface area contributed by atoms with Gasteiger partial charge < -0.3 is 10.4 Å². The first-order chi connectivity index (χ1) is 9.86. The summed E-state index contributed by atoms with van der Waals surface area (Å²) in [6, 6.07) is 0.247. The molecule has 0 saturated heterocycles. The summed E-state index contributed by atoms with van der Waals surface area (Å²) < 4.78 is 0. The number of carbonyl (C=O) groups excluding carboxylic acids is 1. The standard InChI is InChI=1S/C16H28N2O3/c1-10(2)18(9-16(20)21)8-15(19)17-11(3)14-7-12-4-5-13(14)6-12/h10-14H,4-9H2,1-3H3,(H,17,19)(H,20,21). The van der Waals surface area contributed by atoms with Gasteiger partial charge in [-0.1, -0.05) is 6.42 Å². The Balaban J connectivity index is 1.81. The number of nitrogens with one attached hydrogen (secondary N) is 1.